The number of hydrogen-bond donors (Lipinski definition) is 0. The number of amides is 1. The van der Waals surface area contributed by atoms with E-state index in [0.29, 0.717) is 78.4 Å². The zero-order chi connectivity index (χ0) is 25.4. The molecule has 10 heteroatoms. The molecular formula is C27H26N4O4S2. The minimum Gasteiger partial charge on any atom is -0.355 e. The van der Waals surface area contributed by atoms with Crippen LogP contribution in [0.15, 0.2) is 64.4 Å². The second-order valence-electron chi connectivity index (χ2n) is 9.25. The van der Waals surface area contributed by atoms with Crippen molar-refractivity contribution in [3.05, 3.63) is 81.1 Å². The van der Waals surface area contributed by atoms with Gasteiger partial charge in [0.05, 0.1) is 23.7 Å². The number of carbonyl (C=O) groups excluding carboxylic acids is 1. The van der Waals surface area contributed by atoms with E-state index in [2.05, 4.69) is 4.90 Å². The zero-order valence-electron chi connectivity index (χ0n) is 20.2. The molecule has 190 valence electrons. The highest BCUT2D eigenvalue weighted by Gasteiger charge is 2.41. The Morgan fingerprint density at radius 3 is 2.51 bits per heavy atom. The average Bonchev–Trinajstić information content (AvgIpc) is 3.49. The maximum atomic E-state index is 13.6. The van der Waals surface area contributed by atoms with Gasteiger partial charge in [-0.2, -0.15) is 0 Å². The van der Waals surface area contributed by atoms with E-state index in [1.54, 1.807) is 23.2 Å². The molecule has 0 aliphatic carbocycles. The van der Waals surface area contributed by atoms with Crippen molar-refractivity contribution in [3.63, 3.8) is 0 Å². The molecule has 0 bridgehead atoms. The number of rotatable bonds is 5. The molecule has 0 atom stereocenters. The molecule has 0 radical (unpaired) electrons. The Kier molecular flexibility index (Phi) is 6.58. The predicted octanol–water partition coefficient (Wildman–Crippen LogP) is 3.48. The van der Waals surface area contributed by atoms with Gasteiger partial charge in [-0.25, -0.2) is 4.98 Å². The number of pyridine rings is 1. The minimum absolute atomic E-state index is 0.181. The third-order valence-electron chi connectivity index (χ3n) is 7.00. The van der Waals surface area contributed by atoms with Crippen molar-refractivity contribution in [2.75, 3.05) is 37.7 Å². The molecular weight excluding hydrogens is 508 g/mol. The molecule has 0 unspecified atom stereocenters. The van der Waals surface area contributed by atoms with Gasteiger partial charge in [0.1, 0.15) is 15.8 Å². The normalized spacial score (nSPS) is 20.6. The number of benzene rings is 1. The zero-order valence-corrected chi connectivity index (χ0v) is 21.8. The molecule has 3 saturated heterocycles. The van der Waals surface area contributed by atoms with Crippen LogP contribution in [0.4, 0.5) is 5.82 Å². The first-order chi connectivity index (χ1) is 18.0. The van der Waals surface area contributed by atoms with Crippen LogP contribution in [0.5, 0.6) is 0 Å². The van der Waals surface area contributed by atoms with Crippen molar-refractivity contribution >= 4 is 51.7 Å². The summed E-state index contributed by atoms with van der Waals surface area (Å²) in [7, 11) is 0. The molecule has 3 aliphatic heterocycles. The summed E-state index contributed by atoms with van der Waals surface area (Å²) in [5, 5.41) is 0. The number of hydrogen-bond acceptors (Lipinski definition) is 8. The van der Waals surface area contributed by atoms with Crippen molar-refractivity contribution in [1.82, 2.24) is 14.3 Å². The summed E-state index contributed by atoms with van der Waals surface area (Å²) < 4.78 is 13.8. The van der Waals surface area contributed by atoms with Gasteiger partial charge in [-0.1, -0.05) is 60.4 Å². The number of fused-ring (bicyclic) bond motifs is 1. The molecule has 1 amide bonds. The SMILES string of the molecule is O=C1C(=Cc2c(N3CCC4(CC3)OCCO4)nc3ccccn3c2=O)SC(=S)N1CCc1ccccc1. The lowest BCUT2D eigenvalue weighted by molar-refractivity contribution is -0.169. The maximum Gasteiger partial charge on any atom is 0.267 e. The Bertz CT molecular complexity index is 1440. The van der Waals surface area contributed by atoms with Crippen LogP contribution in [0.3, 0.4) is 0 Å². The van der Waals surface area contributed by atoms with Gasteiger partial charge in [-0.3, -0.25) is 18.9 Å². The number of ether oxygens (including phenoxy) is 2. The van der Waals surface area contributed by atoms with Crippen LogP contribution >= 0.6 is 24.0 Å². The number of aromatic nitrogens is 2. The number of thiocarbonyl (C=S) groups is 1. The number of thioether (sulfide) groups is 1. The van der Waals surface area contributed by atoms with Crippen LogP contribution in [0.1, 0.15) is 24.0 Å². The molecule has 3 fully saturated rings. The Morgan fingerprint density at radius 2 is 1.76 bits per heavy atom. The lowest BCUT2D eigenvalue weighted by Gasteiger charge is -2.38. The van der Waals surface area contributed by atoms with Gasteiger partial charge in [0, 0.05) is 38.7 Å². The largest absolute Gasteiger partial charge is 0.355 e. The monoisotopic (exact) mass is 534 g/mol. The number of anilines is 1. The van der Waals surface area contributed by atoms with E-state index in [0.717, 1.165) is 5.56 Å². The second-order valence-corrected chi connectivity index (χ2v) is 10.9. The summed E-state index contributed by atoms with van der Waals surface area (Å²) in [6, 6.07) is 15.5. The summed E-state index contributed by atoms with van der Waals surface area (Å²) in [4.78, 5) is 36.0. The molecule has 3 aliphatic rings. The molecule has 8 nitrogen and oxygen atoms in total. The topological polar surface area (TPSA) is 76.4 Å². The molecule has 3 aromatic rings. The summed E-state index contributed by atoms with van der Waals surface area (Å²) in [6.07, 6.45) is 5.43. The third kappa shape index (κ3) is 4.70. The van der Waals surface area contributed by atoms with Crippen LogP contribution in [0.25, 0.3) is 11.7 Å². The first kappa shape index (κ1) is 24.3. The molecule has 1 spiro atoms. The van der Waals surface area contributed by atoms with Gasteiger partial charge in [0.2, 0.25) is 0 Å². The molecule has 0 saturated carbocycles. The van der Waals surface area contributed by atoms with Crippen LogP contribution in [0.2, 0.25) is 0 Å². The third-order valence-corrected chi connectivity index (χ3v) is 8.38. The van der Waals surface area contributed by atoms with Crippen LogP contribution < -0.4 is 10.5 Å². The Balaban J connectivity index is 1.32. The van der Waals surface area contributed by atoms with E-state index >= 15 is 0 Å². The van der Waals surface area contributed by atoms with Gasteiger partial charge in [-0.15, -0.1) is 0 Å². The highest BCUT2D eigenvalue weighted by molar-refractivity contribution is 8.26. The van der Waals surface area contributed by atoms with Gasteiger partial charge in [0.25, 0.3) is 11.5 Å². The van der Waals surface area contributed by atoms with Crippen molar-refractivity contribution in [2.45, 2.75) is 25.0 Å². The van der Waals surface area contributed by atoms with E-state index in [1.807, 2.05) is 42.5 Å². The maximum absolute atomic E-state index is 13.6. The van der Waals surface area contributed by atoms with Crippen molar-refractivity contribution in [1.29, 1.82) is 0 Å². The first-order valence-corrected chi connectivity index (χ1v) is 13.6. The van der Waals surface area contributed by atoms with E-state index in [9.17, 15) is 9.59 Å². The molecule has 37 heavy (non-hydrogen) atoms. The summed E-state index contributed by atoms with van der Waals surface area (Å²) >= 11 is 6.77. The van der Waals surface area contributed by atoms with Gasteiger partial charge in [-0.05, 0) is 30.2 Å². The highest BCUT2D eigenvalue weighted by atomic mass is 32.2. The van der Waals surface area contributed by atoms with E-state index < -0.39 is 5.79 Å². The fraction of sp³-hybridized carbons (Fsp3) is 0.333. The van der Waals surface area contributed by atoms with Crippen LogP contribution in [-0.4, -0.2) is 63.1 Å². The van der Waals surface area contributed by atoms with Crippen molar-refractivity contribution in [3.8, 4) is 0 Å². The van der Waals surface area contributed by atoms with Crippen molar-refractivity contribution < 1.29 is 14.3 Å². The fourth-order valence-electron chi connectivity index (χ4n) is 5.01. The molecule has 1 aromatic carbocycles. The molecule has 2 aromatic heterocycles. The van der Waals surface area contributed by atoms with E-state index in [-0.39, 0.29) is 11.5 Å². The quantitative estimate of drug-likeness (QED) is 0.364. The van der Waals surface area contributed by atoms with Gasteiger partial charge >= 0.3 is 0 Å². The summed E-state index contributed by atoms with van der Waals surface area (Å²) in [6.45, 7) is 2.96. The molecule has 6 rings (SSSR count). The standard InChI is InChI=1S/C27H26N4O4S2/c32-24-20(18-21-25(33)31(26(36)37-21)13-9-19-6-2-1-3-7-19)23(28-22-8-4-5-12-30(22)24)29-14-10-27(11-15-29)34-16-17-35-27/h1-8,12,18H,9-11,13-17H2. The minimum atomic E-state index is -0.538. The smallest absolute Gasteiger partial charge is 0.267 e. The first-order valence-electron chi connectivity index (χ1n) is 12.4. The van der Waals surface area contributed by atoms with E-state index in [1.165, 1.54) is 16.2 Å². The number of nitrogens with zero attached hydrogens (tertiary/aromatic N) is 4. The van der Waals surface area contributed by atoms with Crippen molar-refractivity contribution in [2.24, 2.45) is 0 Å². The second kappa shape index (κ2) is 10.0. The summed E-state index contributed by atoms with van der Waals surface area (Å²) in [5.41, 5.74) is 1.86. The predicted molar refractivity (Wildman–Crippen MR) is 148 cm³/mol. The molecule has 0 N–H and O–H groups in total. The van der Waals surface area contributed by atoms with Gasteiger partial charge in [0.15, 0.2) is 5.79 Å². The highest BCUT2D eigenvalue weighted by Crippen LogP contribution is 2.36. The Morgan fingerprint density at radius 1 is 1.03 bits per heavy atom. The van der Waals surface area contributed by atoms with Crippen LogP contribution in [0, 0.1) is 0 Å². The van der Waals surface area contributed by atoms with E-state index in [4.69, 9.17) is 26.7 Å². The van der Waals surface area contributed by atoms with Gasteiger partial charge < -0.3 is 14.4 Å². The molecule has 5 heterocycles. The lowest BCUT2D eigenvalue weighted by atomic mass is 10.0. The Labute approximate surface area is 223 Å². The summed E-state index contributed by atoms with van der Waals surface area (Å²) in [5.74, 6) is -0.151. The number of carbonyl (C=O) groups is 1. The van der Waals surface area contributed by atoms with Crippen LogP contribution in [-0.2, 0) is 20.7 Å². The number of piperidine rings is 1. The lowest BCUT2D eigenvalue weighted by Crippen LogP contribution is -2.46. The average molecular weight is 535 g/mol. The fourth-order valence-corrected chi connectivity index (χ4v) is 6.30. The Hall–Kier alpha value is -3.05.